The molecule has 27 heavy (non-hydrogen) atoms. The van der Waals surface area contributed by atoms with E-state index in [2.05, 4.69) is 15.5 Å². The van der Waals surface area contributed by atoms with E-state index in [1.54, 1.807) is 18.2 Å². The van der Waals surface area contributed by atoms with Gasteiger partial charge in [-0.25, -0.2) is 0 Å². The van der Waals surface area contributed by atoms with Gasteiger partial charge in [0.15, 0.2) is 17.4 Å². The number of rotatable bonds is 7. The SMILES string of the molecule is O=C(CSc1ccc(NC(=O)c2ccco2)nn1)c1ccc([N+](=O)[O-])cc1. The Bertz CT molecular complexity index is 956. The summed E-state index contributed by atoms with van der Waals surface area (Å²) >= 11 is 1.17. The van der Waals surface area contributed by atoms with E-state index >= 15 is 0 Å². The van der Waals surface area contributed by atoms with E-state index in [1.807, 2.05) is 0 Å². The third-order valence-electron chi connectivity index (χ3n) is 3.38. The molecule has 3 aromatic rings. The quantitative estimate of drug-likeness (QED) is 0.285. The van der Waals surface area contributed by atoms with Crippen molar-refractivity contribution in [2.75, 3.05) is 11.1 Å². The molecule has 2 aromatic heterocycles. The maximum atomic E-state index is 12.1. The van der Waals surface area contributed by atoms with Crippen molar-refractivity contribution in [1.29, 1.82) is 0 Å². The molecule has 0 radical (unpaired) electrons. The van der Waals surface area contributed by atoms with E-state index in [4.69, 9.17) is 4.42 Å². The van der Waals surface area contributed by atoms with Crippen molar-refractivity contribution >= 4 is 35.0 Å². The summed E-state index contributed by atoms with van der Waals surface area (Å²) in [6, 6.07) is 11.7. The lowest BCUT2D eigenvalue weighted by Crippen LogP contribution is -2.12. The molecule has 136 valence electrons. The van der Waals surface area contributed by atoms with Gasteiger partial charge in [-0.05, 0) is 36.4 Å². The first kappa shape index (κ1) is 18.3. The molecule has 0 aliphatic rings. The number of thioether (sulfide) groups is 1. The summed E-state index contributed by atoms with van der Waals surface area (Å²) in [6.45, 7) is 0. The number of anilines is 1. The molecule has 3 rings (SSSR count). The summed E-state index contributed by atoms with van der Waals surface area (Å²) in [4.78, 5) is 34.1. The number of non-ortho nitro benzene ring substituents is 1. The zero-order valence-corrected chi connectivity index (χ0v) is 14.5. The number of aromatic nitrogens is 2. The third kappa shape index (κ3) is 4.76. The molecular weight excluding hydrogens is 372 g/mol. The molecule has 1 N–H and O–H groups in total. The van der Waals surface area contributed by atoms with Gasteiger partial charge in [-0.2, -0.15) is 0 Å². The van der Waals surface area contributed by atoms with Gasteiger partial charge in [0.25, 0.3) is 11.6 Å². The first-order valence-electron chi connectivity index (χ1n) is 7.62. The summed E-state index contributed by atoms with van der Waals surface area (Å²) < 4.78 is 4.98. The molecule has 2 heterocycles. The van der Waals surface area contributed by atoms with Crippen molar-refractivity contribution in [2.24, 2.45) is 0 Å². The largest absolute Gasteiger partial charge is 0.459 e. The maximum Gasteiger partial charge on any atom is 0.292 e. The Hall–Kier alpha value is -3.53. The minimum atomic E-state index is -0.523. The van der Waals surface area contributed by atoms with Gasteiger partial charge in [0, 0.05) is 17.7 Å². The summed E-state index contributed by atoms with van der Waals surface area (Å²) in [6.07, 6.45) is 1.39. The minimum Gasteiger partial charge on any atom is -0.459 e. The molecule has 0 atom stereocenters. The van der Waals surface area contributed by atoms with Gasteiger partial charge in [0.05, 0.1) is 16.9 Å². The number of nitro groups is 1. The Labute approximate surface area is 156 Å². The number of hydrogen-bond acceptors (Lipinski definition) is 8. The standard InChI is InChI=1S/C17H12N4O5S/c22-13(11-3-5-12(6-4-11)21(24)25)10-27-16-8-7-15(19-20-16)18-17(23)14-2-1-9-26-14/h1-9H,10H2,(H,18,19,23). The van der Waals surface area contributed by atoms with Gasteiger partial charge < -0.3 is 9.73 Å². The van der Waals surface area contributed by atoms with Crippen LogP contribution in [0.2, 0.25) is 0 Å². The molecule has 1 amide bonds. The highest BCUT2D eigenvalue weighted by atomic mass is 32.2. The second-order valence-corrected chi connectivity index (χ2v) is 6.20. The predicted molar refractivity (Wildman–Crippen MR) is 96.8 cm³/mol. The predicted octanol–water partition coefficient (Wildman–Crippen LogP) is 3.21. The molecule has 0 unspecified atom stereocenters. The molecule has 0 spiro atoms. The van der Waals surface area contributed by atoms with Crippen LogP contribution in [0.1, 0.15) is 20.9 Å². The second kappa shape index (κ2) is 8.23. The van der Waals surface area contributed by atoms with Crippen LogP contribution in [-0.2, 0) is 0 Å². The summed E-state index contributed by atoms with van der Waals surface area (Å²) in [5.74, 6) is -0.119. The average Bonchev–Trinajstić information content (AvgIpc) is 3.22. The molecule has 0 aliphatic heterocycles. The van der Waals surface area contributed by atoms with Gasteiger partial charge in [0.2, 0.25) is 0 Å². The number of Topliss-reactive ketones (excluding diaryl/α,β-unsaturated/α-hetero) is 1. The molecule has 10 heteroatoms. The highest BCUT2D eigenvalue weighted by Gasteiger charge is 2.12. The number of ketones is 1. The fraction of sp³-hybridized carbons (Fsp3) is 0.0588. The molecule has 0 saturated heterocycles. The Balaban J connectivity index is 1.54. The van der Waals surface area contributed by atoms with Crippen LogP contribution in [0.3, 0.4) is 0 Å². The summed E-state index contributed by atoms with van der Waals surface area (Å²) in [7, 11) is 0. The molecule has 0 aliphatic carbocycles. The van der Waals surface area contributed by atoms with Crippen LogP contribution in [0.4, 0.5) is 11.5 Å². The van der Waals surface area contributed by atoms with E-state index in [0.29, 0.717) is 10.6 Å². The van der Waals surface area contributed by atoms with Gasteiger partial charge in [-0.15, -0.1) is 10.2 Å². The molecule has 0 bridgehead atoms. The van der Waals surface area contributed by atoms with Crippen molar-refractivity contribution in [3.05, 3.63) is 76.2 Å². The van der Waals surface area contributed by atoms with Crippen molar-refractivity contribution in [3.63, 3.8) is 0 Å². The highest BCUT2D eigenvalue weighted by Crippen LogP contribution is 2.19. The molecule has 9 nitrogen and oxygen atoms in total. The van der Waals surface area contributed by atoms with E-state index in [-0.39, 0.29) is 28.8 Å². The van der Waals surface area contributed by atoms with Gasteiger partial charge in [-0.3, -0.25) is 19.7 Å². The molecular formula is C17H12N4O5S. The zero-order chi connectivity index (χ0) is 19.2. The van der Waals surface area contributed by atoms with E-state index in [0.717, 1.165) is 0 Å². The number of benzene rings is 1. The number of carbonyl (C=O) groups excluding carboxylic acids is 2. The molecule has 1 aromatic carbocycles. The Morgan fingerprint density at radius 1 is 1.11 bits per heavy atom. The van der Waals surface area contributed by atoms with E-state index < -0.39 is 10.8 Å². The third-order valence-corrected chi connectivity index (χ3v) is 4.30. The van der Waals surface area contributed by atoms with Crippen molar-refractivity contribution in [1.82, 2.24) is 10.2 Å². The van der Waals surface area contributed by atoms with Crippen LogP contribution in [0.25, 0.3) is 0 Å². The van der Waals surface area contributed by atoms with Crippen molar-refractivity contribution in [2.45, 2.75) is 5.03 Å². The first-order valence-corrected chi connectivity index (χ1v) is 8.60. The van der Waals surface area contributed by atoms with E-state index in [9.17, 15) is 19.7 Å². The average molecular weight is 384 g/mol. The van der Waals surface area contributed by atoms with Crippen LogP contribution in [0, 0.1) is 10.1 Å². The normalized spacial score (nSPS) is 10.4. The van der Waals surface area contributed by atoms with Gasteiger partial charge in [0.1, 0.15) is 5.03 Å². The number of nitrogens with one attached hydrogen (secondary N) is 1. The Morgan fingerprint density at radius 2 is 1.89 bits per heavy atom. The molecule has 0 fully saturated rings. The van der Waals surface area contributed by atoms with E-state index in [1.165, 1.54) is 48.4 Å². The number of amides is 1. The summed E-state index contributed by atoms with van der Waals surface area (Å²) in [5.41, 5.74) is 0.306. The lowest BCUT2D eigenvalue weighted by Gasteiger charge is -2.03. The van der Waals surface area contributed by atoms with Crippen molar-refractivity contribution < 1.29 is 18.9 Å². The molecule has 0 saturated carbocycles. The number of furan rings is 1. The number of nitrogens with zero attached hydrogens (tertiary/aromatic N) is 3. The van der Waals surface area contributed by atoms with Crippen LogP contribution >= 0.6 is 11.8 Å². The second-order valence-electron chi connectivity index (χ2n) is 5.20. The lowest BCUT2D eigenvalue weighted by molar-refractivity contribution is -0.384. The maximum absolute atomic E-state index is 12.1. The highest BCUT2D eigenvalue weighted by molar-refractivity contribution is 7.99. The van der Waals surface area contributed by atoms with Crippen LogP contribution < -0.4 is 5.32 Å². The van der Waals surface area contributed by atoms with Crippen LogP contribution in [0.15, 0.2) is 64.2 Å². The topological polar surface area (TPSA) is 128 Å². The number of hydrogen-bond donors (Lipinski definition) is 1. The van der Waals surface area contributed by atoms with Gasteiger partial charge >= 0.3 is 0 Å². The smallest absolute Gasteiger partial charge is 0.292 e. The lowest BCUT2D eigenvalue weighted by atomic mass is 10.1. The van der Waals surface area contributed by atoms with Crippen LogP contribution in [-0.4, -0.2) is 32.6 Å². The Kier molecular flexibility index (Phi) is 5.57. The van der Waals surface area contributed by atoms with Crippen molar-refractivity contribution in [3.8, 4) is 0 Å². The first-order chi connectivity index (χ1) is 13.0. The number of carbonyl (C=O) groups is 2. The summed E-state index contributed by atoms with van der Waals surface area (Å²) in [5, 5.41) is 21.5. The minimum absolute atomic E-state index is 0.0720. The monoisotopic (exact) mass is 384 g/mol. The Morgan fingerprint density at radius 3 is 2.48 bits per heavy atom. The van der Waals surface area contributed by atoms with Crippen LogP contribution in [0.5, 0.6) is 0 Å². The fourth-order valence-electron chi connectivity index (χ4n) is 2.04. The van der Waals surface area contributed by atoms with Gasteiger partial charge in [-0.1, -0.05) is 11.8 Å². The fourth-order valence-corrected chi connectivity index (χ4v) is 2.75. The number of nitro benzene ring substituents is 1. The zero-order valence-electron chi connectivity index (χ0n) is 13.7.